The average Bonchev–Trinajstić information content (AvgIpc) is 2.79. The number of aromatic nitrogens is 2. The van der Waals surface area contributed by atoms with Crippen LogP contribution >= 0.6 is 11.3 Å². The van der Waals surface area contributed by atoms with E-state index in [2.05, 4.69) is 20.6 Å². The van der Waals surface area contributed by atoms with Crippen LogP contribution in [0.3, 0.4) is 0 Å². The van der Waals surface area contributed by atoms with E-state index in [1.807, 2.05) is 19.1 Å². The third-order valence-electron chi connectivity index (χ3n) is 1.99. The number of pyridine rings is 1. The van der Waals surface area contributed by atoms with Gasteiger partial charge in [-0.25, -0.2) is 4.98 Å². The average molecular weight is 248 g/mol. The van der Waals surface area contributed by atoms with Crippen molar-refractivity contribution in [1.29, 1.82) is 0 Å². The molecule has 17 heavy (non-hydrogen) atoms. The van der Waals surface area contributed by atoms with Gasteiger partial charge < -0.3 is 10.6 Å². The summed E-state index contributed by atoms with van der Waals surface area (Å²) in [7, 11) is 0. The quantitative estimate of drug-likeness (QED) is 0.868. The number of amides is 1. The van der Waals surface area contributed by atoms with E-state index in [0.29, 0.717) is 17.4 Å². The van der Waals surface area contributed by atoms with E-state index >= 15 is 0 Å². The van der Waals surface area contributed by atoms with Gasteiger partial charge in [-0.3, -0.25) is 9.78 Å². The molecular weight excluding hydrogens is 236 g/mol. The van der Waals surface area contributed by atoms with Gasteiger partial charge in [0.05, 0.1) is 11.9 Å². The molecule has 0 saturated heterocycles. The fraction of sp³-hybridized carbons (Fsp3) is 0.182. The van der Waals surface area contributed by atoms with Gasteiger partial charge in [-0.1, -0.05) is 0 Å². The highest BCUT2D eigenvalue weighted by atomic mass is 32.1. The largest absolute Gasteiger partial charge is 0.351 e. The number of nitrogens with zero attached hydrogens (tertiary/aromatic N) is 2. The molecule has 0 aliphatic heterocycles. The predicted molar refractivity (Wildman–Crippen MR) is 67.6 cm³/mol. The lowest BCUT2D eigenvalue weighted by atomic mass is 10.4. The van der Waals surface area contributed by atoms with Crippen molar-refractivity contribution in [2.24, 2.45) is 0 Å². The minimum atomic E-state index is -0.150. The minimum absolute atomic E-state index is 0.150. The smallest absolute Gasteiger partial charge is 0.270 e. The van der Waals surface area contributed by atoms with Crippen LogP contribution in [0.15, 0.2) is 29.9 Å². The molecule has 88 valence electrons. The van der Waals surface area contributed by atoms with E-state index in [1.54, 1.807) is 17.8 Å². The zero-order valence-electron chi connectivity index (χ0n) is 9.30. The Kier molecular flexibility index (Phi) is 3.66. The van der Waals surface area contributed by atoms with E-state index in [1.165, 1.54) is 11.3 Å². The Morgan fingerprint density at radius 2 is 2.41 bits per heavy atom. The minimum Gasteiger partial charge on any atom is -0.351 e. The maximum Gasteiger partial charge on any atom is 0.270 e. The van der Waals surface area contributed by atoms with Crippen LogP contribution < -0.4 is 10.6 Å². The van der Waals surface area contributed by atoms with Crippen LogP contribution in [-0.4, -0.2) is 22.4 Å². The lowest BCUT2D eigenvalue weighted by molar-refractivity contribution is 0.0951. The molecule has 2 aromatic rings. The molecule has 0 unspecified atom stereocenters. The summed E-state index contributed by atoms with van der Waals surface area (Å²) >= 11 is 1.39. The second kappa shape index (κ2) is 5.40. The maximum atomic E-state index is 11.5. The molecule has 0 atom stereocenters. The lowest BCUT2D eigenvalue weighted by Gasteiger charge is -2.00. The molecule has 2 heterocycles. The van der Waals surface area contributed by atoms with Crippen LogP contribution in [0.4, 0.5) is 10.8 Å². The second-order valence-electron chi connectivity index (χ2n) is 3.26. The molecule has 0 aliphatic carbocycles. The summed E-state index contributed by atoms with van der Waals surface area (Å²) in [5.74, 6) is -0.150. The number of hydrogen-bond donors (Lipinski definition) is 2. The molecule has 0 aliphatic rings. The molecule has 0 bridgehead atoms. The molecule has 0 radical (unpaired) electrons. The highest BCUT2D eigenvalue weighted by molar-refractivity contribution is 7.14. The van der Waals surface area contributed by atoms with E-state index in [-0.39, 0.29) is 5.91 Å². The third-order valence-corrected chi connectivity index (χ3v) is 2.74. The Morgan fingerprint density at radius 1 is 1.53 bits per heavy atom. The summed E-state index contributed by atoms with van der Waals surface area (Å²) in [6.45, 7) is 2.47. The molecule has 0 saturated carbocycles. The molecule has 2 rings (SSSR count). The standard InChI is InChI=1S/C11H12N4OS/c1-2-13-10(16)9-7-17-11(15-9)14-8-4-3-5-12-6-8/h3-7H,2H2,1H3,(H,13,16)(H,14,15). The van der Waals surface area contributed by atoms with Crippen molar-refractivity contribution < 1.29 is 4.79 Å². The Balaban J connectivity index is 2.06. The van der Waals surface area contributed by atoms with Crippen LogP contribution in [-0.2, 0) is 0 Å². The molecule has 2 aromatic heterocycles. The van der Waals surface area contributed by atoms with Gasteiger partial charge in [-0.2, -0.15) is 0 Å². The topological polar surface area (TPSA) is 66.9 Å². The fourth-order valence-corrected chi connectivity index (χ4v) is 1.96. The van der Waals surface area contributed by atoms with Gasteiger partial charge in [-0.05, 0) is 19.1 Å². The molecule has 2 N–H and O–H groups in total. The first-order chi connectivity index (χ1) is 8.29. The molecule has 0 spiro atoms. The number of carbonyl (C=O) groups is 1. The van der Waals surface area contributed by atoms with E-state index in [0.717, 1.165) is 5.69 Å². The van der Waals surface area contributed by atoms with Gasteiger partial charge in [0.15, 0.2) is 5.13 Å². The van der Waals surface area contributed by atoms with Gasteiger partial charge in [0.2, 0.25) is 0 Å². The number of rotatable bonds is 4. The fourth-order valence-electron chi connectivity index (χ4n) is 1.25. The van der Waals surface area contributed by atoms with E-state index < -0.39 is 0 Å². The monoisotopic (exact) mass is 248 g/mol. The number of anilines is 2. The summed E-state index contributed by atoms with van der Waals surface area (Å²) in [5.41, 5.74) is 1.28. The van der Waals surface area contributed by atoms with Crippen LogP contribution in [0, 0.1) is 0 Å². The van der Waals surface area contributed by atoms with Crippen molar-refractivity contribution in [2.45, 2.75) is 6.92 Å². The van der Waals surface area contributed by atoms with Crippen molar-refractivity contribution in [3.05, 3.63) is 35.6 Å². The Labute approximate surface area is 103 Å². The van der Waals surface area contributed by atoms with Crippen LogP contribution in [0.25, 0.3) is 0 Å². The molecule has 0 aromatic carbocycles. The van der Waals surface area contributed by atoms with Crippen LogP contribution in [0.5, 0.6) is 0 Å². The molecular formula is C11H12N4OS. The first-order valence-corrected chi connectivity index (χ1v) is 6.08. The highest BCUT2D eigenvalue weighted by Crippen LogP contribution is 2.19. The summed E-state index contributed by atoms with van der Waals surface area (Å²) in [6.07, 6.45) is 3.40. The van der Waals surface area contributed by atoms with Crippen LogP contribution in [0.2, 0.25) is 0 Å². The zero-order chi connectivity index (χ0) is 12.1. The second-order valence-corrected chi connectivity index (χ2v) is 4.12. The van der Waals surface area contributed by atoms with Gasteiger partial charge in [0.1, 0.15) is 5.69 Å². The number of carbonyl (C=O) groups excluding carboxylic acids is 1. The third kappa shape index (κ3) is 3.01. The lowest BCUT2D eigenvalue weighted by Crippen LogP contribution is -2.22. The Morgan fingerprint density at radius 3 is 3.12 bits per heavy atom. The predicted octanol–water partition coefficient (Wildman–Crippen LogP) is 2.03. The SMILES string of the molecule is CCNC(=O)c1csc(Nc2cccnc2)n1. The first kappa shape index (κ1) is 11.5. The van der Waals surface area contributed by atoms with Crippen molar-refractivity contribution in [3.63, 3.8) is 0 Å². The highest BCUT2D eigenvalue weighted by Gasteiger charge is 2.09. The van der Waals surface area contributed by atoms with Crippen molar-refractivity contribution in [3.8, 4) is 0 Å². The molecule has 0 fully saturated rings. The summed E-state index contributed by atoms with van der Waals surface area (Å²) < 4.78 is 0. The Bertz CT molecular complexity index is 497. The van der Waals surface area contributed by atoms with Gasteiger partial charge in [0, 0.05) is 18.1 Å². The van der Waals surface area contributed by atoms with Gasteiger partial charge in [-0.15, -0.1) is 11.3 Å². The normalized spacial score (nSPS) is 9.94. The van der Waals surface area contributed by atoms with Crippen molar-refractivity contribution in [1.82, 2.24) is 15.3 Å². The number of hydrogen-bond acceptors (Lipinski definition) is 5. The summed E-state index contributed by atoms with van der Waals surface area (Å²) in [6, 6.07) is 3.72. The maximum absolute atomic E-state index is 11.5. The molecule has 6 heteroatoms. The van der Waals surface area contributed by atoms with Gasteiger partial charge >= 0.3 is 0 Å². The zero-order valence-corrected chi connectivity index (χ0v) is 10.1. The molecule has 5 nitrogen and oxygen atoms in total. The number of thiazole rings is 1. The number of nitrogens with one attached hydrogen (secondary N) is 2. The Hall–Kier alpha value is -1.95. The first-order valence-electron chi connectivity index (χ1n) is 5.20. The van der Waals surface area contributed by atoms with Gasteiger partial charge in [0.25, 0.3) is 5.91 Å². The summed E-state index contributed by atoms with van der Waals surface area (Å²) in [4.78, 5) is 19.7. The van der Waals surface area contributed by atoms with E-state index in [4.69, 9.17) is 0 Å². The van der Waals surface area contributed by atoms with Crippen molar-refractivity contribution >= 4 is 28.1 Å². The van der Waals surface area contributed by atoms with Crippen LogP contribution in [0.1, 0.15) is 17.4 Å². The molecule has 1 amide bonds. The van der Waals surface area contributed by atoms with Crippen molar-refractivity contribution in [2.75, 3.05) is 11.9 Å². The summed E-state index contributed by atoms with van der Waals surface area (Å²) in [5, 5.41) is 8.20. The van der Waals surface area contributed by atoms with E-state index in [9.17, 15) is 4.79 Å².